The van der Waals surface area contributed by atoms with E-state index >= 15 is 0 Å². The molecule has 2 rings (SSSR count). The van der Waals surface area contributed by atoms with Crippen LogP contribution in [0.4, 0.5) is 10.5 Å². The minimum absolute atomic E-state index is 0.00633. The van der Waals surface area contributed by atoms with E-state index in [9.17, 15) is 19.2 Å². The van der Waals surface area contributed by atoms with Crippen LogP contribution in [0.25, 0.3) is 0 Å². The van der Waals surface area contributed by atoms with Crippen LogP contribution >= 0.6 is 0 Å². The molecule has 8 nitrogen and oxygen atoms in total. The van der Waals surface area contributed by atoms with Crippen molar-refractivity contribution >= 4 is 29.5 Å². The summed E-state index contributed by atoms with van der Waals surface area (Å²) in [5.41, 5.74) is 1.76. The Morgan fingerprint density at radius 2 is 1.93 bits per heavy atom. The number of para-hydroxylation sites is 1. The first kappa shape index (κ1) is 22.4. The number of hydrogen-bond acceptors (Lipinski definition) is 5. The summed E-state index contributed by atoms with van der Waals surface area (Å²) in [5.74, 6) is -1.05. The molecule has 1 fully saturated rings. The third-order valence-corrected chi connectivity index (χ3v) is 4.76. The molecule has 1 saturated heterocycles. The van der Waals surface area contributed by atoms with Gasteiger partial charge >= 0.3 is 12.0 Å². The van der Waals surface area contributed by atoms with E-state index in [1.54, 1.807) is 13.8 Å². The Morgan fingerprint density at radius 3 is 2.52 bits per heavy atom. The van der Waals surface area contributed by atoms with E-state index in [0.29, 0.717) is 0 Å². The van der Waals surface area contributed by atoms with E-state index in [1.807, 2.05) is 39.0 Å². The molecule has 0 unspecified atom stereocenters. The molecule has 1 aromatic rings. The van der Waals surface area contributed by atoms with E-state index in [0.717, 1.165) is 21.7 Å². The molecule has 0 bridgehead atoms. The number of ether oxygens (including phenoxy) is 1. The Morgan fingerprint density at radius 1 is 1.24 bits per heavy atom. The number of carbonyl (C=O) groups excluding carboxylic acids is 4. The molecule has 0 aliphatic carbocycles. The second kappa shape index (κ2) is 9.07. The summed E-state index contributed by atoms with van der Waals surface area (Å²) in [7, 11) is 0. The van der Waals surface area contributed by atoms with Crippen molar-refractivity contribution < 1.29 is 23.9 Å². The summed E-state index contributed by atoms with van der Waals surface area (Å²) >= 11 is 0. The third kappa shape index (κ3) is 5.56. The number of nitrogens with one attached hydrogen (secondary N) is 2. The Kier molecular flexibility index (Phi) is 7.00. The van der Waals surface area contributed by atoms with Gasteiger partial charge in [0.25, 0.3) is 11.8 Å². The van der Waals surface area contributed by atoms with Crippen molar-refractivity contribution in [3.8, 4) is 0 Å². The van der Waals surface area contributed by atoms with Crippen molar-refractivity contribution in [2.75, 3.05) is 18.5 Å². The first-order valence-corrected chi connectivity index (χ1v) is 9.72. The van der Waals surface area contributed by atoms with E-state index < -0.39 is 23.4 Å². The highest BCUT2D eigenvalue weighted by Crippen LogP contribution is 2.27. The van der Waals surface area contributed by atoms with E-state index in [2.05, 4.69) is 10.6 Å². The number of nitrogens with zero attached hydrogens (tertiary/aromatic N) is 1. The predicted molar refractivity (Wildman–Crippen MR) is 108 cm³/mol. The fourth-order valence-electron chi connectivity index (χ4n) is 3.14. The average Bonchev–Trinajstić information content (AvgIpc) is 2.82. The van der Waals surface area contributed by atoms with Crippen LogP contribution in [0.3, 0.4) is 0 Å². The summed E-state index contributed by atoms with van der Waals surface area (Å²) in [6, 6.07) is 5.33. The van der Waals surface area contributed by atoms with Crippen LogP contribution in [0, 0.1) is 6.92 Å². The number of rotatable bonds is 8. The van der Waals surface area contributed by atoms with Crippen LogP contribution in [0.5, 0.6) is 0 Å². The topological polar surface area (TPSA) is 105 Å². The van der Waals surface area contributed by atoms with Gasteiger partial charge in [0.1, 0.15) is 5.54 Å². The van der Waals surface area contributed by atoms with E-state index in [4.69, 9.17) is 4.74 Å². The molecule has 0 saturated carbocycles. The van der Waals surface area contributed by atoms with Gasteiger partial charge in [-0.2, -0.15) is 0 Å². The second-order valence-electron chi connectivity index (χ2n) is 8.02. The van der Waals surface area contributed by atoms with Gasteiger partial charge < -0.3 is 15.4 Å². The number of anilines is 1. The van der Waals surface area contributed by atoms with Gasteiger partial charge in [0.15, 0.2) is 6.61 Å². The second-order valence-corrected chi connectivity index (χ2v) is 8.02. The number of carbonyl (C=O) groups is 4. The van der Waals surface area contributed by atoms with Crippen molar-refractivity contribution in [1.82, 2.24) is 10.2 Å². The molecular formula is C21H29N3O5. The quantitative estimate of drug-likeness (QED) is 0.513. The highest BCUT2D eigenvalue weighted by molar-refractivity contribution is 6.06. The SMILES string of the molecule is Cc1cccc(C(C)C)c1NC(=O)COC(=O)CCCN1C(=O)NC(C)(C)C1=O. The summed E-state index contributed by atoms with van der Waals surface area (Å²) < 4.78 is 5.02. The summed E-state index contributed by atoms with van der Waals surface area (Å²) in [6.45, 7) is 8.97. The van der Waals surface area contributed by atoms with Gasteiger partial charge in [-0.25, -0.2) is 4.79 Å². The standard InChI is InChI=1S/C21H29N3O5/c1-13(2)15-9-6-8-14(3)18(15)22-16(25)12-29-17(26)10-7-11-24-19(27)21(4,5)23-20(24)28/h6,8-9,13H,7,10-12H2,1-5H3,(H,22,25)(H,23,28). The highest BCUT2D eigenvalue weighted by atomic mass is 16.5. The molecule has 158 valence electrons. The maximum atomic E-state index is 12.2. The molecule has 0 radical (unpaired) electrons. The number of imide groups is 1. The third-order valence-electron chi connectivity index (χ3n) is 4.76. The zero-order chi connectivity index (χ0) is 21.8. The zero-order valence-corrected chi connectivity index (χ0v) is 17.6. The summed E-state index contributed by atoms with van der Waals surface area (Å²) in [4.78, 5) is 49.0. The summed E-state index contributed by atoms with van der Waals surface area (Å²) in [6.07, 6.45) is 0.275. The van der Waals surface area contributed by atoms with Crippen molar-refractivity contribution in [3.05, 3.63) is 29.3 Å². The van der Waals surface area contributed by atoms with Crippen molar-refractivity contribution in [3.63, 3.8) is 0 Å². The minimum Gasteiger partial charge on any atom is -0.456 e. The van der Waals surface area contributed by atoms with Crippen LogP contribution in [0.1, 0.15) is 57.6 Å². The van der Waals surface area contributed by atoms with Crippen LogP contribution in [0.2, 0.25) is 0 Å². The molecule has 1 aliphatic heterocycles. The molecular weight excluding hydrogens is 374 g/mol. The molecule has 0 spiro atoms. The molecule has 0 atom stereocenters. The maximum absolute atomic E-state index is 12.2. The van der Waals surface area contributed by atoms with Gasteiger partial charge in [-0.1, -0.05) is 32.0 Å². The Hall–Kier alpha value is -2.90. The van der Waals surface area contributed by atoms with Gasteiger partial charge in [0.2, 0.25) is 0 Å². The van der Waals surface area contributed by atoms with E-state index in [-0.39, 0.29) is 37.8 Å². The molecule has 1 aromatic carbocycles. The number of benzene rings is 1. The van der Waals surface area contributed by atoms with Crippen LogP contribution < -0.4 is 10.6 Å². The molecule has 1 aliphatic rings. The van der Waals surface area contributed by atoms with Crippen LogP contribution in [-0.4, -0.2) is 47.4 Å². The monoisotopic (exact) mass is 403 g/mol. The van der Waals surface area contributed by atoms with E-state index in [1.165, 1.54) is 0 Å². The van der Waals surface area contributed by atoms with Gasteiger partial charge in [0, 0.05) is 18.7 Å². The number of amides is 4. The molecule has 0 aromatic heterocycles. The Labute approximate surface area is 171 Å². The lowest BCUT2D eigenvalue weighted by molar-refractivity contribution is -0.147. The number of hydrogen-bond donors (Lipinski definition) is 2. The fourth-order valence-corrected chi connectivity index (χ4v) is 3.14. The highest BCUT2D eigenvalue weighted by Gasteiger charge is 2.43. The lowest BCUT2D eigenvalue weighted by Gasteiger charge is -2.16. The largest absolute Gasteiger partial charge is 0.456 e. The lowest BCUT2D eigenvalue weighted by atomic mass is 9.98. The Balaban J connectivity index is 1.78. The van der Waals surface area contributed by atoms with Crippen molar-refractivity contribution in [2.45, 2.75) is 58.9 Å². The number of urea groups is 1. The fraction of sp³-hybridized carbons (Fsp3) is 0.524. The first-order valence-electron chi connectivity index (χ1n) is 9.72. The van der Waals surface area contributed by atoms with Crippen molar-refractivity contribution in [2.24, 2.45) is 0 Å². The van der Waals surface area contributed by atoms with Crippen molar-refractivity contribution in [1.29, 1.82) is 0 Å². The maximum Gasteiger partial charge on any atom is 0.325 e. The van der Waals surface area contributed by atoms with Gasteiger partial charge in [0.05, 0.1) is 0 Å². The molecule has 2 N–H and O–H groups in total. The molecule has 29 heavy (non-hydrogen) atoms. The van der Waals surface area contributed by atoms with Gasteiger partial charge in [-0.05, 0) is 44.2 Å². The molecule has 4 amide bonds. The average molecular weight is 403 g/mol. The smallest absolute Gasteiger partial charge is 0.325 e. The molecule has 8 heteroatoms. The van der Waals surface area contributed by atoms with Crippen LogP contribution in [-0.2, 0) is 19.1 Å². The number of esters is 1. The summed E-state index contributed by atoms with van der Waals surface area (Å²) in [5, 5.41) is 5.39. The predicted octanol–water partition coefficient (Wildman–Crippen LogP) is 2.71. The number of aryl methyl sites for hydroxylation is 1. The Bertz CT molecular complexity index is 817. The van der Waals surface area contributed by atoms with Gasteiger partial charge in [-0.15, -0.1) is 0 Å². The minimum atomic E-state index is -0.930. The first-order chi connectivity index (χ1) is 13.5. The normalized spacial score (nSPS) is 15.4. The zero-order valence-electron chi connectivity index (χ0n) is 17.6. The van der Waals surface area contributed by atoms with Crippen LogP contribution in [0.15, 0.2) is 18.2 Å². The van der Waals surface area contributed by atoms with Gasteiger partial charge in [-0.3, -0.25) is 19.3 Å². The molecule has 1 heterocycles. The lowest BCUT2D eigenvalue weighted by Crippen LogP contribution is -2.40.